The van der Waals surface area contributed by atoms with Gasteiger partial charge in [0.05, 0.1) is 0 Å². The first-order chi connectivity index (χ1) is 11.7. The fraction of sp³-hybridized carbons (Fsp3) is 0.750. The molecule has 0 radical (unpaired) electrons. The van der Waals surface area contributed by atoms with Gasteiger partial charge in [0.1, 0.15) is 0 Å². The van der Waals surface area contributed by atoms with Crippen molar-refractivity contribution in [2.24, 2.45) is 5.92 Å². The Morgan fingerprint density at radius 1 is 1.04 bits per heavy atom. The van der Waals surface area contributed by atoms with Gasteiger partial charge in [-0.05, 0) is 38.5 Å². The summed E-state index contributed by atoms with van der Waals surface area (Å²) in [4.78, 5) is 28.1. The summed E-state index contributed by atoms with van der Waals surface area (Å²) < 4.78 is 0. The first-order valence-corrected chi connectivity index (χ1v) is 9.71. The second kappa shape index (κ2) is 6.66. The summed E-state index contributed by atoms with van der Waals surface area (Å²) in [5, 5.41) is 13.2. The number of piperidine rings is 2. The third-order valence-electron chi connectivity index (χ3n) is 5.02. The maximum absolute atomic E-state index is 12.1. The smallest absolute Gasteiger partial charge is 0.228 e. The zero-order valence-corrected chi connectivity index (χ0v) is 14.6. The van der Waals surface area contributed by atoms with Crippen LogP contribution in [0.3, 0.4) is 0 Å². The molecule has 3 fully saturated rings. The third-order valence-corrected chi connectivity index (χ3v) is 6.03. The van der Waals surface area contributed by atoms with E-state index in [1.165, 1.54) is 11.3 Å². The standard InChI is InChI=1S/C16H23N5O2S/c22-13-3-1-2-8-21(13)16-19-18-15(24-16)20-9-6-11(7-10-20)14(23)17-12-4-5-12/h11-12H,1-10H2,(H,17,23). The van der Waals surface area contributed by atoms with Crippen LogP contribution in [0, 0.1) is 5.92 Å². The Kier molecular flexibility index (Phi) is 4.39. The highest BCUT2D eigenvalue weighted by Gasteiger charge is 2.31. The van der Waals surface area contributed by atoms with E-state index < -0.39 is 0 Å². The number of carbonyl (C=O) groups is 2. The molecule has 1 aromatic rings. The van der Waals surface area contributed by atoms with Crippen LogP contribution >= 0.6 is 11.3 Å². The Balaban J connectivity index is 1.34. The Labute approximate surface area is 145 Å². The highest BCUT2D eigenvalue weighted by molar-refractivity contribution is 7.19. The SMILES string of the molecule is O=C(NC1CC1)C1CCN(c2nnc(N3CCCCC3=O)s2)CC1. The van der Waals surface area contributed by atoms with Gasteiger partial charge in [-0.3, -0.25) is 14.5 Å². The summed E-state index contributed by atoms with van der Waals surface area (Å²) in [6.45, 7) is 2.40. The average Bonchev–Trinajstić information content (AvgIpc) is 3.28. The lowest BCUT2D eigenvalue weighted by Crippen LogP contribution is -2.41. The number of nitrogens with one attached hydrogen (secondary N) is 1. The molecular weight excluding hydrogens is 326 g/mol. The minimum absolute atomic E-state index is 0.123. The normalized spacial score (nSPS) is 22.8. The van der Waals surface area contributed by atoms with E-state index in [0.717, 1.165) is 63.3 Å². The van der Waals surface area contributed by atoms with Crippen molar-refractivity contribution in [3.63, 3.8) is 0 Å². The molecule has 1 aliphatic carbocycles. The molecule has 1 N–H and O–H groups in total. The molecule has 0 aromatic carbocycles. The van der Waals surface area contributed by atoms with Crippen LogP contribution in [0.5, 0.6) is 0 Å². The molecule has 1 aromatic heterocycles. The van der Waals surface area contributed by atoms with Crippen LogP contribution in [0.25, 0.3) is 0 Å². The van der Waals surface area contributed by atoms with Gasteiger partial charge in [0, 0.05) is 38.0 Å². The molecule has 7 nitrogen and oxygen atoms in total. The minimum Gasteiger partial charge on any atom is -0.353 e. The maximum atomic E-state index is 12.1. The summed E-state index contributed by atoms with van der Waals surface area (Å²) in [7, 11) is 0. The van der Waals surface area contributed by atoms with E-state index in [-0.39, 0.29) is 17.7 Å². The number of anilines is 2. The fourth-order valence-electron chi connectivity index (χ4n) is 3.33. The van der Waals surface area contributed by atoms with Gasteiger partial charge in [-0.2, -0.15) is 0 Å². The van der Waals surface area contributed by atoms with Crippen LogP contribution in [-0.4, -0.2) is 47.7 Å². The number of nitrogens with zero attached hydrogens (tertiary/aromatic N) is 4. The molecule has 0 spiro atoms. The molecule has 1 saturated carbocycles. The molecule has 2 amide bonds. The molecular formula is C16H23N5O2S. The van der Waals surface area contributed by atoms with E-state index in [1.54, 1.807) is 4.90 Å². The van der Waals surface area contributed by atoms with Crippen molar-refractivity contribution >= 4 is 33.4 Å². The topological polar surface area (TPSA) is 78.4 Å². The number of aromatic nitrogens is 2. The maximum Gasteiger partial charge on any atom is 0.228 e. The molecule has 24 heavy (non-hydrogen) atoms. The molecule has 2 aliphatic heterocycles. The largest absolute Gasteiger partial charge is 0.353 e. The summed E-state index contributed by atoms with van der Waals surface area (Å²) in [6.07, 6.45) is 6.59. The van der Waals surface area contributed by atoms with Crippen molar-refractivity contribution in [2.45, 2.75) is 51.0 Å². The van der Waals surface area contributed by atoms with E-state index in [0.29, 0.717) is 17.6 Å². The molecule has 0 unspecified atom stereocenters. The first-order valence-electron chi connectivity index (χ1n) is 8.90. The van der Waals surface area contributed by atoms with Gasteiger partial charge in [-0.1, -0.05) is 11.3 Å². The van der Waals surface area contributed by atoms with Crippen LogP contribution in [-0.2, 0) is 9.59 Å². The van der Waals surface area contributed by atoms with Crippen LogP contribution in [0.4, 0.5) is 10.3 Å². The van der Waals surface area contributed by atoms with E-state index in [9.17, 15) is 9.59 Å². The Hall–Kier alpha value is -1.70. The average molecular weight is 349 g/mol. The van der Waals surface area contributed by atoms with Crippen molar-refractivity contribution < 1.29 is 9.59 Å². The van der Waals surface area contributed by atoms with Crippen molar-refractivity contribution in [1.29, 1.82) is 0 Å². The predicted molar refractivity (Wildman–Crippen MR) is 92.2 cm³/mol. The molecule has 0 atom stereocenters. The molecule has 0 bridgehead atoms. The Bertz CT molecular complexity index is 622. The fourth-order valence-corrected chi connectivity index (χ4v) is 4.27. The van der Waals surface area contributed by atoms with Gasteiger partial charge in [-0.15, -0.1) is 10.2 Å². The molecule has 4 rings (SSSR count). The van der Waals surface area contributed by atoms with Crippen LogP contribution in [0.1, 0.15) is 44.9 Å². The third kappa shape index (κ3) is 3.38. The van der Waals surface area contributed by atoms with Crippen LogP contribution in [0.15, 0.2) is 0 Å². The summed E-state index contributed by atoms with van der Waals surface area (Å²) in [5.41, 5.74) is 0. The first kappa shape index (κ1) is 15.8. The lowest BCUT2D eigenvalue weighted by Gasteiger charge is -2.30. The summed E-state index contributed by atoms with van der Waals surface area (Å²) >= 11 is 1.49. The summed E-state index contributed by atoms with van der Waals surface area (Å²) in [5.74, 6) is 0.492. The van der Waals surface area contributed by atoms with E-state index in [1.807, 2.05) is 0 Å². The Morgan fingerprint density at radius 3 is 2.50 bits per heavy atom. The highest BCUT2D eigenvalue weighted by Crippen LogP contribution is 2.32. The van der Waals surface area contributed by atoms with Crippen LogP contribution in [0.2, 0.25) is 0 Å². The number of rotatable bonds is 4. The van der Waals surface area contributed by atoms with E-state index >= 15 is 0 Å². The second-order valence-corrected chi connectivity index (χ2v) is 7.85. The number of hydrogen-bond acceptors (Lipinski definition) is 6. The van der Waals surface area contributed by atoms with E-state index in [4.69, 9.17) is 0 Å². The van der Waals surface area contributed by atoms with Crippen LogP contribution < -0.4 is 15.1 Å². The van der Waals surface area contributed by atoms with Gasteiger partial charge < -0.3 is 10.2 Å². The molecule has 3 aliphatic rings. The number of carbonyl (C=O) groups excluding carboxylic acids is 2. The molecule has 8 heteroatoms. The van der Waals surface area contributed by atoms with Gasteiger partial charge in [-0.25, -0.2) is 0 Å². The lowest BCUT2D eigenvalue weighted by atomic mass is 9.96. The molecule has 2 saturated heterocycles. The van der Waals surface area contributed by atoms with Crippen molar-refractivity contribution in [1.82, 2.24) is 15.5 Å². The van der Waals surface area contributed by atoms with E-state index in [2.05, 4.69) is 20.4 Å². The predicted octanol–water partition coefficient (Wildman–Crippen LogP) is 1.55. The Morgan fingerprint density at radius 2 is 1.79 bits per heavy atom. The highest BCUT2D eigenvalue weighted by atomic mass is 32.1. The van der Waals surface area contributed by atoms with Crippen molar-refractivity contribution in [3.8, 4) is 0 Å². The molecule has 130 valence electrons. The second-order valence-electron chi connectivity index (χ2n) is 6.91. The van der Waals surface area contributed by atoms with Gasteiger partial charge >= 0.3 is 0 Å². The van der Waals surface area contributed by atoms with Gasteiger partial charge in [0.25, 0.3) is 0 Å². The minimum atomic E-state index is 0.123. The van der Waals surface area contributed by atoms with Gasteiger partial charge in [0.2, 0.25) is 22.1 Å². The zero-order chi connectivity index (χ0) is 16.5. The van der Waals surface area contributed by atoms with Crippen molar-refractivity contribution in [2.75, 3.05) is 29.4 Å². The lowest BCUT2D eigenvalue weighted by molar-refractivity contribution is -0.125. The van der Waals surface area contributed by atoms with Crippen molar-refractivity contribution in [3.05, 3.63) is 0 Å². The zero-order valence-electron chi connectivity index (χ0n) is 13.7. The summed E-state index contributed by atoms with van der Waals surface area (Å²) in [6, 6.07) is 0.434. The molecule has 3 heterocycles. The quantitative estimate of drug-likeness (QED) is 0.892. The number of amides is 2. The van der Waals surface area contributed by atoms with Gasteiger partial charge in [0.15, 0.2) is 0 Å². The number of hydrogen-bond donors (Lipinski definition) is 1. The monoisotopic (exact) mass is 349 g/mol.